The minimum absolute atomic E-state index is 0.125. The predicted molar refractivity (Wildman–Crippen MR) is 109 cm³/mol. The van der Waals surface area contributed by atoms with Crippen molar-refractivity contribution in [3.63, 3.8) is 0 Å². The topological polar surface area (TPSA) is 93.1 Å². The minimum atomic E-state index is -1.37. The average molecular weight is 435 g/mol. The number of ketones is 2. The van der Waals surface area contributed by atoms with Gasteiger partial charge in [0.15, 0.2) is 23.0 Å². The highest BCUT2D eigenvalue weighted by molar-refractivity contribution is 6.01. The molecule has 1 heterocycles. The number of allylic oxidation sites excluding steroid dienone is 4. The smallest absolute Gasteiger partial charge is 0.193 e. The molecule has 6 nitrogen and oxygen atoms in total. The second-order valence-electron chi connectivity index (χ2n) is 11.0. The quantitative estimate of drug-likeness (QED) is 0.693. The predicted octanol–water partition coefficient (Wildman–Crippen LogP) is 2.27. The van der Waals surface area contributed by atoms with E-state index < -0.39 is 53.0 Å². The Balaban J connectivity index is 1.62. The van der Waals surface area contributed by atoms with Gasteiger partial charge in [0.25, 0.3) is 0 Å². The normalized spacial score (nSPS) is 52.1. The zero-order valence-corrected chi connectivity index (χ0v) is 18.4. The third kappa shape index (κ3) is 2.52. The summed E-state index contributed by atoms with van der Waals surface area (Å²) in [5, 5.41) is 21.3. The van der Waals surface area contributed by atoms with Crippen molar-refractivity contribution in [2.24, 2.45) is 28.6 Å². The summed E-state index contributed by atoms with van der Waals surface area (Å²) in [6.45, 7) is 6.65. The Morgan fingerprint density at radius 3 is 2.65 bits per heavy atom. The standard InChI is InChI=1S/C24H31FO6/c1-21(2)30-19-9-14-13-8-16(25)15-7-12(27)5-6-22(15,3)20(13)17(28)10-23(14,4)24(19,31-21)18(29)11-26/h5-7,13-14,16-17,19-20,26,28H,8-11H2,1-4H3/t13-,14+,16+,17+,19-,20-,22+,23+,24-/m1/s1. The molecule has 2 N–H and O–H groups in total. The molecule has 1 aliphatic heterocycles. The Kier molecular flexibility index (Phi) is 4.38. The van der Waals surface area contributed by atoms with Crippen LogP contribution in [0.25, 0.3) is 0 Å². The highest BCUT2D eigenvalue weighted by Gasteiger charge is 2.77. The number of rotatable bonds is 2. The molecule has 0 radical (unpaired) electrons. The van der Waals surface area contributed by atoms with E-state index in [4.69, 9.17) is 9.47 Å². The van der Waals surface area contributed by atoms with Gasteiger partial charge in [0, 0.05) is 16.7 Å². The number of aliphatic hydroxyl groups is 2. The summed E-state index contributed by atoms with van der Waals surface area (Å²) in [7, 11) is 0. The van der Waals surface area contributed by atoms with E-state index in [9.17, 15) is 19.8 Å². The van der Waals surface area contributed by atoms with Gasteiger partial charge < -0.3 is 19.7 Å². The molecule has 7 heteroatoms. The summed E-state index contributed by atoms with van der Waals surface area (Å²) in [6.07, 6.45) is 2.90. The lowest BCUT2D eigenvalue weighted by molar-refractivity contribution is -0.226. The van der Waals surface area contributed by atoms with Crippen LogP contribution in [0.3, 0.4) is 0 Å². The first-order valence-electron chi connectivity index (χ1n) is 11.2. The number of halogens is 1. The lowest BCUT2D eigenvalue weighted by Crippen LogP contribution is -2.64. The summed E-state index contributed by atoms with van der Waals surface area (Å²) >= 11 is 0. The van der Waals surface area contributed by atoms with Gasteiger partial charge in [-0.05, 0) is 62.7 Å². The van der Waals surface area contributed by atoms with E-state index in [1.807, 2.05) is 13.8 Å². The van der Waals surface area contributed by atoms with Crippen LogP contribution in [0.2, 0.25) is 0 Å². The molecule has 4 aliphatic carbocycles. The van der Waals surface area contributed by atoms with Crippen LogP contribution < -0.4 is 0 Å². The second kappa shape index (κ2) is 6.34. The first kappa shape index (κ1) is 21.4. The fourth-order valence-corrected chi connectivity index (χ4v) is 8.05. The molecule has 0 aromatic heterocycles. The largest absolute Gasteiger partial charge is 0.393 e. The SMILES string of the molecule is CC1(C)O[C@@H]2C[C@H]3[C@H]4C[C@H](F)C5=CC(=O)C=C[C@]5(C)[C@H]4[C@@H](O)C[C@]3(C)[C@]2(C(=O)CO)O1. The number of carbonyl (C=O) groups excluding carboxylic acids is 2. The first-order chi connectivity index (χ1) is 14.4. The molecule has 9 atom stereocenters. The highest BCUT2D eigenvalue weighted by Crippen LogP contribution is 2.70. The fourth-order valence-electron chi connectivity index (χ4n) is 8.05. The number of aliphatic hydroxyl groups excluding tert-OH is 2. The molecule has 5 rings (SSSR count). The fraction of sp³-hybridized carbons (Fsp3) is 0.750. The van der Waals surface area contributed by atoms with E-state index in [0.717, 1.165) is 0 Å². The van der Waals surface area contributed by atoms with Crippen LogP contribution in [-0.4, -0.2) is 58.2 Å². The van der Waals surface area contributed by atoms with Crippen LogP contribution in [0, 0.1) is 28.6 Å². The van der Waals surface area contributed by atoms with Crippen LogP contribution in [0.5, 0.6) is 0 Å². The van der Waals surface area contributed by atoms with Crippen molar-refractivity contribution in [1.29, 1.82) is 0 Å². The van der Waals surface area contributed by atoms with Gasteiger partial charge in [-0.15, -0.1) is 0 Å². The zero-order valence-electron chi connectivity index (χ0n) is 18.4. The molecule has 170 valence electrons. The zero-order chi connectivity index (χ0) is 22.6. The molecule has 0 unspecified atom stereocenters. The van der Waals surface area contributed by atoms with Gasteiger partial charge in [-0.3, -0.25) is 9.59 Å². The van der Waals surface area contributed by atoms with E-state index >= 15 is 4.39 Å². The Bertz CT molecular complexity index is 910. The summed E-state index contributed by atoms with van der Waals surface area (Å²) in [5.74, 6) is -2.28. The van der Waals surface area contributed by atoms with E-state index in [-0.39, 0.29) is 36.4 Å². The highest BCUT2D eigenvalue weighted by atomic mass is 19.1. The van der Waals surface area contributed by atoms with Crippen molar-refractivity contribution < 1.29 is 33.7 Å². The van der Waals surface area contributed by atoms with Crippen molar-refractivity contribution in [2.45, 2.75) is 76.7 Å². The molecule has 0 aromatic rings. The van der Waals surface area contributed by atoms with Gasteiger partial charge in [0.2, 0.25) is 0 Å². The maximum atomic E-state index is 15.4. The van der Waals surface area contributed by atoms with Crippen molar-refractivity contribution in [1.82, 2.24) is 0 Å². The van der Waals surface area contributed by atoms with Crippen molar-refractivity contribution in [3.05, 3.63) is 23.8 Å². The van der Waals surface area contributed by atoms with Crippen molar-refractivity contribution in [3.8, 4) is 0 Å². The van der Waals surface area contributed by atoms with Crippen LogP contribution in [0.1, 0.15) is 47.0 Å². The lowest BCUT2D eigenvalue weighted by atomic mass is 9.46. The molecule has 3 saturated carbocycles. The lowest BCUT2D eigenvalue weighted by Gasteiger charge is -2.60. The summed E-state index contributed by atoms with van der Waals surface area (Å²) < 4.78 is 27.9. The van der Waals surface area contributed by atoms with E-state index in [1.54, 1.807) is 19.9 Å². The average Bonchev–Trinajstić information content (AvgIpc) is 3.08. The van der Waals surface area contributed by atoms with E-state index in [2.05, 4.69) is 0 Å². The number of hydrogen-bond acceptors (Lipinski definition) is 6. The number of Topliss-reactive ketones (excluding diaryl/α,β-unsaturated/α-hetero) is 1. The second-order valence-corrected chi connectivity index (χ2v) is 11.0. The van der Waals surface area contributed by atoms with Gasteiger partial charge >= 0.3 is 0 Å². The Morgan fingerprint density at radius 2 is 1.97 bits per heavy atom. The molecular weight excluding hydrogens is 403 g/mol. The number of alkyl halides is 1. The van der Waals surface area contributed by atoms with E-state index in [0.29, 0.717) is 12.0 Å². The summed E-state index contributed by atoms with van der Waals surface area (Å²) in [6, 6.07) is 0. The Morgan fingerprint density at radius 1 is 1.26 bits per heavy atom. The van der Waals surface area contributed by atoms with Gasteiger partial charge in [0.05, 0.1) is 12.2 Å². The van der Waals surface area contributed by atoms with Crippen molar-refractivity contribution in [2.75, 3.05) is 6.61 Å². The van der Waals surface area contributed by atoms with Gasteiger partial charge in [0.1, 0.15) is 12.8 Å². The number of ether oxygens (including phenoxy) is 2. The maximum absolute atomic E-state index is 15.4. The maximum Gasteiger partial charge on any atom is 0.193 e. The van der Waals surface area contributed by atoms with Crippen molar-refractivity contribution >= 4 is 11.6 Å². The molecule has 0 spiro atoms. The molecule has 4 fully saturated rings. The van der Waals surface area contributed by atoms with Gasteiger partial charge in [-0.1, -0.05) is 19.9 Å². The molecule has 0 aromatic carbocycles. The van der Waals surface area contributed by atoms with Crippen LogP contribution in [0.15, 0.2) is 23.8 Å². The van der Waals surface area contributed by atoms with Crippen LogP contribution in [0.4, 0.5) is 4.39 Å². The molecule has 5 aliphatic rings. The molecule has 31 heavy (non-hydrogen) atoms. The number of fused-ring (bicyclic) bond motifs is 7. The molecule has 0 bridgehead atoms. The molecular formula is C24H31FO6. The number of carbonyl (C=O) groups is 2. The van der Waals surface area contributed by atoms with Crippen LogP contribution in [-0.2, 0) is 19.1 Å². The first-order valence-corrected chi connectivity index (χ1v) is 11.2. The van der Waals surface area contributed by atoms with E-state index in [1.165, 1.54) is 12.2 Å². The van der Waals surface area contributed by atoms with Gasteiger partial charge in [-0.25, -0.2) is 4.39 Å². The Labute approximate surface area is 181 Å². The number of hydrogen-bond donors (Lipinski definition) is 2. The summed E-state index contributed by atoms with van der Waals surface area (Å²) in [4.78, 5) is 25.1. The molecule has 0 amide bonds. The third-order valence-corrected chi connectivity index (χ3v) is 9.03. The third-order valence-electron chi connectivity index (χ3n) is 9.03. The minimum Gasteiger partial charge on any atom is -0.393 e. The summed E-state index contributed by atoms with van der Waals surface area (Å²) in [5.41, 5.74) is -2.50. The molecule has 1 saturated heterocycles. The van der Waals surface area contributed by atoms with Gasteiger partial charge in [-0.2, -0.15) is 0 Å². The van der Waals surface area contributed by atoms with Crippen LogP contribution >= 0.6 is 0 Å². The Hall–Kier alpha value is -1.41. The monoisotopic (exact) mass is 434 g/mol.